The van der Waals surface area contributed by atoms with Crippen LogP contribution < -0.4 is 0 Å². The number of para-hydroxylation sites is 2. The Morgan fingerprint density at radius 2 is 2.07 bits per heavy atom. The van der Waals surface area contributed by atoms with Crippen molar-refractivity contribution in [1.29, 1.82) is 0 Å². The standard InChI is InChI=1S/C12H16N2O/c1-9(7-10(2)15)14-8-13-11-5-3-4-6-12(11)14/h3-6,8-10,15H,7H2,1-2H3. The van der Waals surface area contributed by atoms with Crippen LogP contribution in [0.15, 0.2) is 30.6 Å². The van der Waals surface area contributed by atoms with Gasteiger partial charge in [-0.15, -0.1) is 0 Å². The van der Waals surface area contributed by atoms with Crippen molar-refractivity contribution >= 4 is 11.0 Å². The molecule has 0 aliphatic heterocycles. The molecule has 0 saturated carbocycles. The van der Waals surface area contributed by atoms with E-state index in [0.717, 1.165) is 17.5 Å². The minimum absolute atomic E-state index is 0.275. The topological polar surface area (TPSA) is 38.0 Å². The molecule has 2 rings (SSSR count). The fraction of sp³-hybridized carbons (Fsp3) is 0.417. The summed E-state index contributed by atoms with van der Waals surface area (Å²) in [7, 11) is 0. The van der Waals surface area contributed by atoms with Crippen molar-refractivity contribution in [3.8, 4) is 0 Å². The van der Waals surface area contributed by atoms with E-state index < -0.39 is 0 Å². The summed E-state index contributed by atoms with van der Waals surface area (Å²) in [5.74, 6) is 0. The Balaban J connectivity index is 2.35. The first-order chi connectivity index (χ1) is 7.18. The number of hydrogen-bond acceptors (Lipinski definition) is 2. The van der Waals surface area contributed by atoms with Gasteiger partial charge in [-0.25, -0.2) is 4.98 Å². The number of hydrogen-bond donors (Lipinski definition) is 1. The monoisotopic (exact) mass is 204 g/mol. The molecule has 3 nitrogen and oxygen atoms in total. The van der Waals surface area contributed by atoms with Crippen LogP contribution in [0.5, 0.6) is 0 Å². The molecule has 3 heteroatoms. The lowest BCUT2D eigenvalue weighted by Gasteiger charge is -2.15. The van der Waals surface area contributed by atoms with Crippen molar-refractivity contribution in [2.45, 2.75) is 32.4 Å². The molecular formula is C12H16N2O. The van der Waals surface area contributed by atoms with Crippen LogP contribution in [-0.2, 0) is 0 Å². The summed E-state index contributed by atoms with van der Waals surface area (Å²) in [4.78, 5) is 4.33. The van der Waals surface area contributed by atoms with Crippen LogP contribution in [0.25, 0.3) is 11.0 Å². The Hall–Kier alpha value is -1.35. The first kappa shape index (κ1) is 10.2. The molecule has 2 atom stereocenters. The van der Waals surface area contributed by atoms with Gasteiger partial charge >= 0.3 is 0 Å². The normalized spacial score (nSPS) is 15.4. The van der Waals surface area contributed by atoms with Gasteiger partial charge in [-0.05, 0) is 32.4 Å². The van der Waals surface area contributed by atoms with E-state index in [-0.39, 0.29) is 12.1 Å². The van der Waals surface area contributed by atoms with Crippen molar-refractivity contribution in [2.75, 3.05) is 0 Å². The second kappa shape index (κ2) is 4.03. The zero-order valence-corrected chi connectivity index (χ0v) is 9.09. The second-order valence-corrected chi connectivity index (χ2v) is 4.07. The van der Waals surface area contributed by atoms with Crippen molar-refractivity contribution in [2.24, 2.45) is 0 Å². The van der Waals surface area contributed by atoms with Gasteiger partial charge in [0.15, 0.2) is 0 Å². The lowest BCUT2D eigenvalue weighted by Crippen LogP contribution is -2.11. The number of rotatable bonds is 3. The number of fused-ring (bicyclic) bond motifs is 1. The lowest BCUT2D eigenvalue weighted by atomic mass is 10.1. The van der Waals surface area contributed by atoms with Crippen molar-refractivity contribution < 1.29 is 5.11 Å². The average molecular weight is 204 g/mol. The van der Waals surface area contributed by atoms with Gasteiger partial charge in [0, 0.05) is 6.04 Å². The molecule has 0 aliphatic rings. The van der Waals surface area contributed by atoms with E-state index in [9.17, 15) is 5.11 Å². The van der Waals surface area contributed by atoms with E-state index in [0.29, 0.717) is 0 Å². The smallest absolute Gasteiger partial charge is 0.0960 e. The van der Waals surface area contributed by atoms with Crippen LogP contribution in [0, 0.1) is 0 Å². The Labute approximate surface area is 89.4 Å². The summed E-state index contributed by atoms with van der Waals surface area (Å²) >= 11 is 0. The van der Waals surface area contributed by atoms with Gasteiger partial charge in [-0.2, -0.15) is 0 Å². The lowest BCUT2D eigenvalue weighted by molar-refractivity contribution is 0.166. The molecule has 0 radical (unpaired) electrons. The fourth-order valence-electron chi connectivity index (χ4n) is 1.94. The number of benzene rings is 1. The third-order valence-corrected chi connectivity index (χ3v) is 2.64. The molecule has 1 aromatic heterocycles. The zero-order valence-electron chi connectivity index (χ0n) is 9.09. The number of aromatic nitrogens is 2. The minimum atomic E-state index is -0.277. The Kier molecular flexibility index (Phi) is 2.73. The van der Waals surface area contributed by atoms with Crippen LogP contribution in [0.1, 0.15) is 26.3 Å². The molecule has 2 aromatic rings. The highest BCUT2D eigenvalue weighted by Gasteiger charge is 2.10. The quantitative estimate of drug-likeness (QED) is 0.833. The Morgan fingerprint density at radius 3 is 2.80 bits per heavy atom. The number of nitrogens with zero attached hydrogens (tertiary/aromatic N) is 2. The van der Waals surface area contributed by atoms with Crippen LogP contribution in [0.4, 0.5) is 0 Å². The van der Waals surface area contributed by atoms with E-state index in [1.54, 1.807) is 0 Å². The Morgan fingerprint density at radius 1 is 1.33 bits per heavy atom. The van der Waals surface area contributed by atoms with E-state index in [1.807, 2.05) is 31.5 Å². The van der Waals surface area contributed by atoms with Gasteiger partial charge in [-0.1, -0.05) is 12.1 Å². The summed E-state index contributed by atoms with van der Waals surface area (Å²) in [6, 6.07) is 8.33. The van der Waals surface area contributed by atoms with E-state index in [1.165, 1.54) is 0 Å². The number of aliphatic hydroxyl groups is 1. The summed E-state index contributed by atoms with van der Waals surface area (Å²) in [6.07, 6.45) is 2.32. The molecular weight excluding hydrogens is 188 g/mol. The molecule has 80 valence electrons. The first-order valence-electron chi connectivity index (χ1n) is 5.28. The molecule has 0 fully saturated rings. The molecule has 0 bridgehead atoms. The Bertz CT molecular complexity index is 448. The maximum Gasteiger partial charge on any atom is 0.0960 e. The molecule has 1 aromatic carbocycles. The van der Waals surface area contributed by atoms with E-state index >= 15 is 0 Å². The molecule has 1 N–H and O–H groups in total. The minimum Gasteiger partial charge on any atom is -0.393 e. The predicted octanol–water partition coefficient (Wildman–Crippen LogP) is 2.37. The summed E-state index contributed by atoms with van der Waals surface area (Å²) < 4.78 is 2.11. The van der Waals surface area contributed by atoms with Crippen molar-refractivity contribution in [3.63, 3.8) is 0 Å². The summed E-state index contributed by atoms with van der Waals surface area (Å²) in [5.41, 5.74) is 2.14. The summed E-state index contributed by atoms with van der Waals surface area (Å²) in [5, 5.41) is 9.36. The highest BCUT2D eigenvalue weighted by molar-refractivity contribution is 5.75. The number of imidazole rings is 1. The molecule has 0 spiro atoms. The molecule has 15 heavy (non-hydrogen) atoms. The van der Waals surface area contributed by atoms with Gasteiger partial charge in [-0.3, -0.25) is 0 Å². The third kappa shape index (κ3) is 2.02. The molecule has 1 heterocycles. The van der Waals surface area contributed by atoms with Crippen LogP contribution in [0.3, 0.4) is 0 Å². The van der Waals surface area contributed by atoms with Crippen molar-refractivity contribution in [3.05, 3.63) is 30.6 Å². The van der Waals surface area contributed by atoms with Crippen LogP contribution in [0.2, 0.25) is 0 Å². The van der Waals surface area contributed by atoms with E-state index in [2.05, 4.69) is 22.5 Å². The maximum atomic E-state index is 9.36. The van der Waals surface area contributed by atoms with Gasteiger partial charge < -0.3 is 9.67 Å². The SMILES string of the molecule is CC(O)CC(C)n1cnc2ccccc21. The highest BCUT2D eigenvalue weighted by atomic mass is 16.3. The molecule has 0 aliphatic carbocycles. The van der Waals surface area contributed by atoms with Gasteiger partial charge in [0.25, 0.3) is 0 Å². The third-order valence-electron chi connectivity index (χ3n) is 2.64. The van der Waals surface area contributed by atoms with Crippen molar-refractivity contribution in [1.82, 2.24) is 9.55 Å². The molecule has 2 unspecified atom stereocenters. The second-order valence-electron chi connectivity index (χ2n) is 4.07. The maximum absolute atomic E-state index is 9.36. The van der Waals surface area contributed by atoms with Gasteiger partial charge in [0.1, 0.15) is 0 Å². The molecule has 0 amide bonds. The number of aliphatic hydroxyl groups excluding tert-OH is 1. The van der Waals surface area contributed by atoms with Gasteiger partial charge in [0.05, 0.1) is 23.5 Å². The predicted molar refractivity (Wildman–Crippen MR) is 60.7 cm³/mol. The van der Waals surface area contributed by atoms with Crippen LogP contribution >= 0.6 is 0 Å². The van der Waals surface area contributed by atoms with Crippen LogP contribution in [-0.4, -0.2) is 20.8 Å². The highest BCUT2D eigenvalue weighted by Crippen LogP contribution is 2.20. The van der Waals surface area contributed by atoms with Gasteiger partial charge in [0.2, 0.25) is 0 Å². The first-order valence-corrected chi connectivity index (χ1v) is 5.28. The largest absolute Gasteiger partial charge is 0.393 e. The summed E-state index contributed by atoms with van der Waals surface area (Å²) in [6.45, 7) is 3.91. The fourth-order valence-corrected chi connectivity index (χ4v) is 1.94. The average Bonchev–Trinajstić information content (AvgIpc) is 2.59. The molecule has 0 saturated heterocycles. The zero-order chi connectivity index (χ0) is 10.8. The van der Waals surface area contributed by atoms with E-state index in [4.69, 9.17) is 0 Å².